The van der Waals surface area contributed by atoms with E-state index < -0.39 is 6.10 Å². The van der Waals surface area contributed by atoms with Crippen LogP contribution in [0.3, 0.4) is 0 Å². The highest BCUT2D eigenvalue weighted by molar-refractivity contribution is 5.42. The van der Waals surface area contributed by atoms with Crippen LogP contribution in [0.1, 0.15) is 32.1 Å². The summed E-state index contributed by atoms with van der Waals surface area (Å²) < 4.78 is 7.00. The molecule has 2 aromatic heterocycles. The maximum Gasteiger partial charge on any atom is 0.238 e. The minimum atomic E-state index is -0.505. The van der Waals surface area contributed by atoms with Gasteiger partial charge in [0.15, 0.2) is 5.82 Å². The van der Waals surface area contributed by atoms with E-state index in [1.165, 1.54) is 0 Å². The van der Waals surface area contributed by atoms with Crippen LogP contribution in [0.5, 0.6) is 0 Å². The van der Waals surface area contributed by atoms with Gasteiger partial charge in [-0.2, -0.15) is 4.98 Å². The Morgan fingerprint density at radius 2 is 2.29 bits per heavy atom. The molecule has 0 fully saturated rings. The molecule has 0 saturated carbocycles. The van der Waals surface area contributed by atoms with Crippen LogP contribution in [0.25, 0.3) is 11.6 Å². The SMILES string of the molecule is CCC(c1nc(-c2nccn2C)no1)C(C)O. The second-order valence-corrected chi connectivity index (χ2v) is 4.07. The molecule has 0 radical (unpaired) electrons. The minimum absolute atomic E-state index is 0.128. The summed E-state index contributed by atoms with van der Waals surface area (Å²) in [5, 5.41) is 13.5. The van der Waals surface area contributed by atoms with Gasteiger partial charge in [0.05, 0.1) is 12.0 Å². The molecular weight excluding hydrogens is 220 g/mol. The monoisotopic (exact) mass is 236 g/mol. The van der Waals surface area contributed by atoms with Crippen LogP contribution in [-0.4, -0.2) is 30.9 Å². The number of aryl methyl sites for hydroxylation is 1. The van der Waals surface area contributed by atoms with Crippen molar-refractivity contribution >= 4 is 0 Å². The van der Waals surface area contributed by atoms with Crippen molar-refractivity contribution in [2.75, 3.05) is 0 Å². The molecule has 0 amide bonds. The first-order chi connectivity index (χ1) is 8.13. The Morgan fingerprint density at radius 1 is 1.53 bits per heavy atom. The molecule has 2 rings (SSSR count). The lowest BCUT2D eigenvalue weighted by Gasteiger charge is -2.12. The van der Waals surface area contributed by atoms with Crippen molar-refractivity contribution in [3.8, 4) is 11.6 Å². The van der Waals surface area contributed by atoms with Crippen LogP contribution >= 0.6 is 0 Å². The summed E-state index contributed by atoms with van der Waals surface area (Å²) in [5.41, 5.74) is 0. The Hall–Kier alpha value is -1.69. The van der Waals surface area contributed by atoms with Crippen LogP contribution < -0.4 is 0 Å². The third kappa shape index (κ3) is 2.21. The molecular formula is C11H16N4O2. The zero-order valence-electron chi connectivity index (χ0n) is 10.2. The highest BCUT2D eigenvalue weighted by Crippen LogP contribution is 2.23. The zero-order valence-corrected chi connectivity index (χ0v) is 10.2. The number of nitrogens with zero attached hydrogens (tertiary/aromatic N) is 4. The van der Waals surface area contributed by atoms with E-state index >= 15 is 0 Å². The third-order valence-electron chi connectivity index (χ3n) is 2.80. The Bertz CT molecular complexity index is 489. The number of rotatable bonds is 4. The fourth-order valence-electron chi connectivity index (χ4n) is 1.78. The largest absolute Gasteiger partial charge is 0.393 e. The molecule has 2 aromatic rings. The topological polar surface area (TPSA) is 77.0 Å². The number of aromatic nitrogens is 4. The van der Waals surface area contributed by atoms with Gasteiger partial charge in [0.25, 0.3) is 0 Å². The predicted molar refractivity (Wildman–Crippen MR) is 61.2 cm³/mol. The molecule has 6 heteroatoms. The van der Waals surface area contributed by atoms with Gasteiger partial charge in [0.2, 0.25) is 11.7 Å². The van der Waals surface area contributed by atoms with Crippen molar-refractivity contribution in [1.29, 1.82) is 0 Å². The summed E-state index contributed by atoms with van der Waals surface area (Å²) in [6, 6.07) is 0. The van der Waals surface area contributed by atoms with Gasteiger partial charge in [0.1, 0.15) is 0 Å². The smallest absolute Gasteiger partial charge is 0.238 e. The lowest BCUT2D eigenvalue weighted by molar-refractivity contribution is 0.141. The molecule has 6 nitrogen and oxygen atoms in total. The maximum absolute atomic E-state index is 9.61. The molecule has 0 aromatic carbocycles. The van der Waals surface area contributed by atoms with Crippen LogP contribution in [-0.2, 0) is 7.05 Å². The summed E-state index contributed by atoms with van der Waals surface area (Å²) in [5.74, 6) is 1.43. The molecule has 2 atom stereocenters. The number of imidazole rings is 1. The lowest BCUT2D eigenvalue weighted by Crippen LogP contribution is -2.14. The third-order valence-corrected chi connectivity index (χ3v) is 2.80. The summed E-state index contributed by atoms with van der Waals surface area (Å²) in [7, 11) is 1.87. The molecule has 1 N–H and O–H groups in total. The molecule has 2 heterocycles. The van der Waals surface area contributed by atoms with E-state index in [9.17, 15) is 5.11 Å². The van der Waals surface area contributed by atoms with E-state index in [1.807, 2.05) is 24.7 Å². The molecule has 92 valence electrons. The van der Waals surface area contributed by atoms with Crippen molar-refractivity contribution in [1.82, 2.24) is 19.7 Å². The number of aliphatic hydroxyl groups excluding tert-OH is 1. The molecule has 17 heavy (non-hydrogen) atoms. The van der Waals surface area contributed by atoms with E-state index in [4.69, 9.17) is 4.52 Å². The fourth-order valence-corrected chi connectivity index (χ4v) is 1.78. The quantitative estimate of drug-likeness (QED) is 0.866. The molecule has 0 aliphatic carbocycles. The molecule has 2 unspecified atom stereocenters. The molecule has 0 aliphatic rings. The summed E-state index contributed by atoms with van der Waals surface area (Å²) >= 11 is 0. The molecule has 0 spiro atoms. The fraction of sp³-hybridized carbons (Fsp3) is 0.545. The van der Waals surface area contributed by atoms with Gasteiger partial charge >= 0.3 is 0 Å². The predicted octanol–water partition coefficient (Wildman–Crippen LogP) is 1.34. The number of hydrogen-bond acceptors (Lipinski definition) is 5. The van der Waals surface area contributed by atoms with Crippen molar-refractivity contribution in [3.05, 3.63) is 18.3 Å². The molecule has 0 saturated heterocycles. The van der Waals surface area contributed by atoms with Gasteiger partial charge in [0, 0.05) is 19.4 Å². The average Bonchev–Trinajstić information content (AvgIpc) is 2.87. The summed E-state index contributed by atoms with van der Waals surface area (Å²) in [6.07, 6.45) is 3.74. The van der Waals surface area contributed by atoms with E-state index in [2.05, 4.69) is 15.1 Å². The van der Waals surface area contributed by atoms with E-state index in [0.717, 1.165) is 6.42 Å². The van der Waals surface area contributed by atoms with Crippen molar-refractivity contribution < 1.29 is 9.63 Å². The Kier molecular flexibility index (Phi) is 3.23. The Morgan fingerprint density at radius 3 is 2.82 bits per heavy atom. The number of aliphatic hydroxyl groups is 1. The standard InChI is InChI=1S/C11H16N4O2/c1-4-8(7(2)16)11-13-9(14-17-11)10-12-5-6-15(10)3/h5-8,16H,4H2,1-3H3. The maximum atomic E-state index is 9.61. The summed E-state index contributed by atoms with van der Waals surface area (Å²) in [6.45, 7) is 3.70. The first kappa shape index (κ1) is 11.8. The minimum Gasteiger partial charge on any atom is -0.393 e. The van der Waals surface area contributed by atoms with Gasteiger partial charge in [-0.25, -0.2) is 4.98 Å². The van der Waals surface area contributed by atoms with Crippen LogP contribution in [0.15, 0.2) is 16.9 Å². The second kappa shape index (κ2) is 4.67. The summed E-state index contributed by atoms with van der Waals surface area (Å²) in [4.78, 5) is 8.43. The Balaban J connectivity index is 2.30. The lowest BCUT2D eigenvalue weighted by atomic mass is 10.0. The highest BCUT2D eigenvalue weighted by Gasteiger charge is 2.23. The van der Waals surface area contributed by atoms with E-state index in [1.54, 1.807) is 13.1 Å². The van der Waals surface area contributed by atoms with E-state index in [-0.39, 0.29) is 5.92 Å². The van der Waals surface area contributed by atoms with Crippen molar-refractivity contribution in [3.63, 3.8) is 0 Å². The first-order valence-corrected chi connectivity index (χ1v) is 5.62. The van der Waals surface area contributed by atoms with Gasteiger partial charge < -0.3 is 14.2 Å². The van der Waals surface area contributed by atoms with Crippen LogP contribution in [0.2, 0.25) is 0 Å². The van der Waals surface area contributed by atoms with Crippen LogP contribution in [0, 0.1) is 0 Å². The number of hydrogen-bond donors (Lipinski definition) is 1. The van der Waals surface area contributed by atoms with Crippen LogP contribution in [0.4, 0.5) is 0 Å². The Labute approximate surface area is 99.3 Å². The van der Waals surface area contributed by atoms with E-state index in [0.29, 0.717) is 17.5 Å². The van der Waals surface area contributed by atoms with Gasteiger partial charge in [-0.1, -0.05) is 12.1 Å². The molecule has 0 aliphatic heterocycles. The second-order valence-electron chi connectivity index (χ2n) is 4.07. The van der Waals surface area contributed by atoms with Gasteiger partial charge in [-0.3, -0.25) is 0 Å². The zero-order chi connectivity index (χ0) is 12.4. The van der Waals surface area contributed by atoms with Gasteiger partial charge in [-0.15, -0.1) is 0 Å². The van der Waals surface area contributed by atoms with Crippen molar-refractivity contribution in [2.45, 2.75) is 32.3 Å². The van der Waals surface area contributed by atoms with Crippen molar-refractivity contribution in [2.24, 2.45) is 7.05 Å². The highest BCUT2D eigenvalue weighted by atomic mass is 16.5. The average molecular weight is 236 g/mol. The van der Waals surface area contributed by atoms with Gasteiger partial charge in [-0.05, 0) is 13.3 Å². The first-order valence-electron chi connectivity index (χ1n) is 5.62. The normalized spacial score (nSPS) is 14.8. The molecule has 0 bridgehead atoms.